The molecule has 198 valence electrons. The van der Waals surface area contributed by atoms with Crippen LogP contribution in [-0.4, -0.2) is 68.1 Å². The highest BCUT2D eigenvalue weighted by atomic mass is 32.2. The van der Waals surface area contributed by atoms with Crippen molar-refractivity contribution in [1.29, 1.82) is 0 Å². The van der Waals surface area contributed by atoms with E-state index in [0.29, 0.717) is 30.1 Å². The van der Waals surface area contributed by atoms with Crippen LogP contribution in [0, 0.1) is 23.0 Å². The first kappa shape index (κ1) is 26.9. The van der Waals surface area contributed by atoms with Crippen LogP contribution in [0.15, 0.2) is 34.9 Å². The number of aryl methyl sites for hydroxylation is 2. The van der Waals surface area contributed by atoms with Crippen molar-refractivity contribution in [3.8, 4) is 0 Å². The van der Waals surface area contributed by atoms with Crippen LogP contribution in [0.1, 0.15) is 24.7 Å². The number of rotatable bonds is 11. The maximum absolute atomic E-state index is 13.2. The van der Waals surface area contributed by atoms with Crippen LogP contribution in [0.2, 0.25) is 19.6 Å². The number of nitrogens with zero attached hydrogens (tertiary/aromatic N) is 6. The number of nitro groups is 1. The minimum atomic E-state index is -1.86. The van der Waals surface area contributed by atoms with Gasteiger partial charge in [-0.05, 0) is 61.6 Å². The minimum Gasteiger partial charge on any atom is -0.456 e. The zero-order valence-corrected chi connectivity index (χ0v) is 23.2. The van der Waals surface area contributed by atoms with Crippen molar-refractivity contribution in [3.63, 3.8) is 0 Å². The number of esters is 1. The molecule has 2 aromatic rings. The van der Waals surface area contributed by atoms with Crippen LogP contribution < -0.4 is 0 Å². The van der Waals surface area contributed by atoms with E-state index in [9.17, 15) is 19.7 Å². The largest absolute Gasteiger partial charge is 0.456 e. The van der Waals surface area contributed by atoms with Crippen LogP contribution in [0.5, 0.6) is 0 Å². The van der Waals surface area contributed by atoms with E-state index in [1.54, 1.807) is 21.7 Å². The summed E-state index contributed by atoms with van der Waals surface area (Å²) in [6.07, 6.45) is 0.308. The molecule has 14 heteroatoms. The molecule has 0 spiro atoms. The van der Waals surface area contributed by atoms with Crippen LogP contribution in [0.3, 0.4) is 0 Å². The predicted molar refractivity (Wildman–Crippen MR) is 138 cm³/mol. The Bertz CT molecular complexity index is 1230. The number of fused-ring (bicyclic) bond motifs is 1. The van der Waals surface area contributed by atoms with E-state index in [0.717, 1.165) is 4.91 Å². The normalized spacial score (nSPS) is 20.0. The molecule has 12 nitrogen and oxygen atoms in total. The molecule has 37 heavy (non-hydrogen) atoms. The average molecular weight is 547 g/mol. The molecule has 0 aliphatic carbocycles. The number of carbonyl (C=O) groups is 2. The predicted octanol–water partition coefficient (Wildman–Crippen LogP) is 3.05. The lowest BCUT2D eigenvalue weighted by molar-refractivity contribution is -0.384. The topological polar surface area (TPSA) is 143 Å². The second kappa shape index (κ2) is 10.7. The lowest BCUT2D eigenvalue weighted by Gasteiger charge is -2.47. The smallest absolute Gasteiger partial charge is 0.356 e. The number of hydrogen-bond acceptors (Lipinski definition) is 10. The summed E-state index contributed by atoms with van der Waals surface area (Å²) in [6.45, 7) is 10.5. The third kappa shape index (κ3) is 5.91. The first-order chi connectivity index (χ1) is 17.5. The van der Waals surface area contributed by atoms with Crippen molar-refractivity contribution in [2.24, 2.45) is 5.92 Å². The van der Waals surface area contributed by atoms with Gasteiger partial charge in [0.25, 0.3) is 5.69 Å². The standard InChI is InChI=1S/C23H30N6O6SSi/c1-14(35-37(3,4)5)20-18-12-19(36-11-10-27-15(2)24-25-26-27)21(28(18)22(20)30)23(31)34-13-16-6-8-17(9-7-16)29(32)33/h6-9,14,18,20H,10-13H2,1-5H3/t14-,18+,20-/m0/s1. The van der Waals surface area contributed by atoms with Crippen molar-refractivity contribution in [2.45, 2.75) is 65.2 Å². The Labute approximate surface area is 219 Å². The molecule has 4 rings (SSSR count). The minimum absolute atomic E-state index is 0.0419. The highest BCUT2D eigenvalue weighted by molar-refractivity contribution is 8.03. The van der Waals surface area contributed by atoms with Crippen LogP contribution in [-0.2, 0) is 31.9 Å². The maximum atomic E-state index is 13.2. The van der Waals surface area contributed by atoms with E-state index in [1.807, 2.05) is 13.8 Å². The molecule has 3 atom stereocenters. The van der Waals surface area contributed by atoms with E-state index in [4.69, 9.17) is 9.16 Å². The average Bonchev–Trinajstić information content (AvgIpc) is 3.37. The van der Waals surface area contributed by atoms with E-state index in [2.05, 4.69) is 35.2 Å². The Morgan fingerprint density at radius 2 is 2.00 bits per heavy atom. The molecule has 0 radical (unpaired) electrons. The second-order valence-electron chi connectivity index (χ2n) is 10.0. The number of aromatic nitrogens is 4. The number of nitro benzene ring substituents is 1. The molecule has 1 aromatic carbocycles. The van der Waals surface area contributed by atoms with Gasteiger partial charge in [-0.2, -0.15) is 0 Å². The monoisotopic (exact) mass is 546 g/mol. The van der Waals surface area contributed by atoms with Gasteiger partial charge in [0.05, 0.1) is 29.5 Å². The van der Waals surface area contributed by atoms with E-state index >= 15 is 0 Å². The molecule has 1 amide bonds. The van der Waals surface area contributed by atoms with Crippen LogP contribution in [0.4, 0.5) is 5.69 Å². The first-order valence-electron chi connectivity index (χ1n) is 12.0. The van der Waals surface area contributed by atoms with Gasteiger partial charge in [-0.25, -0.2) is 9.48 Å². The first-order valence-corrected chi connectivity index (χ1v) is 16.4. The highest BCUT2D eigenvalue weighted by Gasteiger charge is 2.57. The molecule has 0 saturated carbocycles. The Balaban J connectivity index is 1.48. The summed E-state index contributed by atoms with van der Waals surface area (Å²) >= 11 is 1.49. The number of amides is 1. The molecule has 2 aliphatic rings. The number of tetrazole rings is 1. The number of ether oxygens (including phenoxy) is 1. The number of hydrogen-bond donors (Lipinski definition) is 0. The van der Waals surface area contributed by atoms with Gasteiger partial charge in [-0.15, -0.1) is 16.9 Å². The molecular weight excluding hydrogens is 516 g/mol. The van der Waals surface area contributed by atoms with Crippen molar-refractivity contribution in [3.05, 3.63) is 56.4 Å². The van der Waals surface area contributed by atoms with E-state index < -0.39 is 19.2 Å². The Morgan fingerprint density at radius 1 is 1.30 bits per heavy atom. The van der Waals surface area contributed by atoms with Gasteiger partial charge in [-0.1, -0.05) is 0 Å². The zero-order chi connectivity index (χ0) is 26.9. The fourth-order valence-electron chi connectivity index (χ4n) is 4.61. The summed E-state index contributed by atoms with van der Waals surface area (Å²) in [7, 11) is -1.86. The second-order valence-corrected chi connectivity index (χ2v) is 15.7. The Hall–Kier alpha value is -3.10. The van der Waals surface area contributed by atoms with Gasteiger partial charge in [0.1, 0.15) is 18.1 Å². The molecule has 1 fully saturated rings. The summed E-state index contributed by atoms with van der Waals surface area (Å²) in [6, 6.07) is 5.65. The molecule has 2 aliphatic heterocycles. The zero-order valence-electron chi connectivity index (χ0n) is 21.4. The van der Waals surface area contributed by atoms with Crippen molar-refractivity contribution >= 4 is 37.6 Å². The quantitative estimate of drug-likeness (QED) is 0.136. The lowest BCUT2D eigenvalue weighted by Crippen LogP contribution is -2.63. The summed E-state index contributed by atoms with van der Waals surface area (Å²) in [5.41, 5.74) is 0.842. The molecule has 0 bridgehead atoms. The van der Waals surface area contributed by atoms with Crippen molar-refractivity contribution in [1.82, 2.24) is 25.1 Å². The number of β-lactam (4-membered cyclic amide) rings is 1. The van der Waals surface area contributed by atoms with Gasteiger partial charge in [0, 0.05) is 29.2 Å². The van der Waals surface area contributed by atoms with Crippen molar-refractivity contribution < 1.29 is 23.7 Å². The number of benzene rings is 1. The van der Waals surface area contributed by atoms with Crippen molar-refractivity contribution in [2.75, 3.05) is 5.75 Å². The van der Waals surface area contributed by atoms with Crippen LogP contribution in [0.25, 0.3) is 0 Å². The maximum Gasteiger partial charge on any atom is 0.356 e. The number of thioether (sulfide) groups is 1. The Kier molecular flexibility index (Phi) is 7.80. The van der Waals surface area contributed by atoms with E-state index in [-0.39, 0.29) is 42.0 Å². The number of non-ortho nitro benzene ring substituents is 1. The molecule has 0 unspecified atom stereocenters. The summed E-state index contributed by atoms with van der Waals surface area (Å²) in [4.78, 5) is 39.2. The molecular formula is C23H30N6O6SSi. The highest BCUT2D eigenvalue weighted by Crippen LogP contribution is 2.48. The molecule has 3 heterocycles. The molecule has 0 N–H and O–H groups in total. The third-order valence-electron chi connectivity index (χ3n) is 6.21. The number of carbonyl (C=O) groups excluding carboxylic acids is 2. The van der Waals surface area contributed by atoms with Gasteiger partial charge >= 0.3 is 5.97 Å². The molecule has 1 saturated heterocycles. The fourth-order valence-corrected chi connectivity index (χ4v) is 6.99. The van der Waals surface area contributed by atoms with Gasteiger partial charge in [0.2, 0.25) is 5.91 Å². The van der Waals surface area contributed by atoms with Crippen LogP contribution >= 0.6 is 11.8 Å². The lowest BCUT2D eigenvalue weighted by atomic mass is 9.83. The van der Waals surface area contributed by atoms with Gasteiger partial charge in [0.15, 0.2) is 8.32 Å². The summed E-state index contributed by atoms with van der Waals surface area (Å²) < 4.78 is 13.4. The molecule has 1 aromatic heterocycles. The summed E-state index contributed by atoms with van der Waals surface area (Å²) in [5, 5.41) is 22.4. The fraction of sp³-hybridized carbons (Fsp3) is 0.522. The SMILES string of the molecule is Cc1nnnn1CCSC1=C(C(=O)OCc2ccc([N+](=O)[O-])cc2)N2C(=O)[C@@H]([C@H](C)O[Si](C)(C)C)[C@H]2C1. The third-order valence-corrected chi connectivity index (χ3v) is 8.39. The summed E-state index contributed by atoms with van der Waals surface area (Å²) in [5.74, 6) is 0.266. The van der Waals surface area contributed by atoms with Gasteiger partial charge < -0.3 is 14.1 Å². The van der Waals surface area contributed by atoms with E-state index in [1.165, 1.54) is 23.9 Å². The Morgan fingerprint density at radius 3 is 2.59 bits per heavy atom. The van der Waals surface area contributed by atoms with Gasteiger partial charge in [-0.3, -0.25) is 14.9 Å².